The molecule has 0 aliphatic carbocycles. The molecular weight excluding hydrogens is 348 g/mol. The van der Waals surface area contributed by atoms with Gasteiger partial charge < -0.3 is 9.64 Å². The van der Waals surface area contributed by atoms with E-state index in [9.17, 15) is 19.2 Å². The van der Waals surface area contributed by atoms with Crippen LogP contribution in [0.5, 0.6) is 0 Å². The standard InChI is InChI=1S/C20H26N2O5/c1-6-20(4,5)22(13(3)23)16-12-17(24)21(18(16)25)15-10-8-14(9-11-15)19(26)27-7-2/h8-11,16H,6-7,12H2,1-5H3. The summed E-state index contributed by atoms with van der Waals surface area (Å²) in [6, 6.07) is 5.27. The van der Waals surface area contributed by atoms with Gasteiger partial charge >= 0.3 is 5.97 Å². The van der Waals surface area contributed by atoms with E-state index in [2.05, 4.69) is 0 Å². The van der Waals surface area contributed by atoms with Crippen LogP contribution < -0.4 is 4.90 Å². The lowest BCUT2D eigenvalue weighted by Gasteiger charge is -2.40. The van der Waals surface area contributed by atoms with Gasteiger partial charge in [0, 0.05) is 12.5 Å². The maximum absolute atomic E-state index is 13.0. The van der Waals surface area contributed by atoms with Crippen molar-refractivity contribution >= 4 is 29.4 Å². The van der Waals surface area contributed by atoms with Gasteiger partial charge in [-0.25, -0.2) is 9.69 Å². The monoisotopic (exact) mass is 374 g/mol. The summed E-state index contributed by atoms with van der Waals surface area (Å²) in [5, 5.41) is 0. The van der Waals surface area contributed by atoms with Gasteiger partial charge in [0.15, 0.2) is 0 Å². The van der Waals surface area contributed by atoms with E-state index >= 15 is 0 Å². The molecule has 1 aromatic carbocycles. The molecule has 0 bridgehead atoms. The fourth-order valence-corrected chi connectivity index (χ4v) is 3.29. The molecule has 3 amide bonds. The quantitative estimate of drug-likeness (QED) is 0.564. The van der Waals surface area contributed by atoms with Crippen LogP contribution in [0.15, 0.2) is 24.3 Å². The van der Waals surface area contributed by atoms with Crippen molar-refractivity contribution in [2.75, 3.05) is 11.5 Å². The zero-order valence-corrected chi connectivity index (χ0v) is 16.4. The average Bonchev–Trinajstić information content (AvgIpc) is 2.89. The lowest BCUT2D eigenvalue weighted by Crippen LogP contribution is -2.54. The first-order valence-electron chi connectivity index (χ1n) is 9.08. The predicted octanol–water partition coefficient (Wildman–Crippen LogP) is 2.53. The molecule has 1 heterocycles. The Bertz CT molecular complexity index is 754. The van der Waals surface area contributed by atoms with Gasteiger partial charge in [-0.05, 0) is 51.5 Å². The minimum Gasteiger partial charge on any atom is -0.462 e. The van der Waals surface area contributed by atoms with Crippen molar-refractivity contribution < 1.29 is 23.9 Å². The summed E-state index contributed by atoms with van der Waals surface area (Å²) in [5.74, 6) is -1.51. The molecule has 7 nitrogen and oxygen atoms in total. The van der Waals surface area contributed by atoms with Crippen molar-refractivity contribution in [1.82, 2.24) is 4.90 Å². The second-order valence-corrected chi connectivity index (χ2v) is 7.11. The van der Waals surface area contributed by atoms with Gasteiger partial charge in [-0.15, -0.1) is 0 Å². The Labute approximate surface area is 159 Å². The molecule has 1 fully saturated rings. The molecule has 1 saturated heterocycles. The van der Waals surface area contributed by atoms with E-state index < -0.39 is 23.5 Å². The van der Waals surface area contributed by atoms with Crippen LogP contribution in [0.25, 0.3) is 0 Å². The Hall–Kier alpha value is -2.70. The van der Waals surface area contributed by atoms with Crippen LogP contribution in [0.3, 0.4) is 0 Å². The zero-order valence-electron chi connectivity index (χ0n) is 16.4. The number of amides is 3. The fourth-order valence-electron chi connectivity index (χ4n) is 3.29. The third-order valence-electron chi connectivity index (χ3n) is 4.93. The summed E-state index contributed by atoms with van der Waals surface area (Å²) in [6.45, 7) is 9.08. The molecule has 0 radical (unpaired) electrons. The van der Waals surface area contributed by atoms with E-state index in [4.69, 9.17) is 4.74 Å². The molecule has 1 aliphatic heterocycles. The molecular formula is C20H26N2O5. The molecule has 0 N–H and O–H groups in total. The molecule has 0 aromatic heterocycles. The molecule has 1 unspecified atom stereocenters. The number of nitrogens with zero attached hydrogens (tertiary/aromatic N) is 2. The molecule has 0 saturated carbocycles. The minimum atomic E-state index is -0.824. The number of rotatable bonds is 6. The van der Waals surface area contributed by atoms with E-state index in [1.54, 1.807) is 6.92 Å². The Balaban J connectivity index is 2.30. The zero-order chi connectivity index (χ0) is 20.4. The first kappa shape index (κ1) is 20.6. The van der Waals surface area contributed by atoms with Crippen LogP contribution in [-0.4, -0.2) is 46.8 Å². The lowest BCUT2D eigenvalue weighted by molar-refractivity contribution is -0.142. The summed E-state index contributed by atoms with van der Waals surface area (Å²) in [7, 11) is 0. The highest BCUT2D eigenvalue weighted by Gasteiger charge is 2.47. The van der Waals surface area contributed by atoms with E-state index in [-0.39, 0.29) is 24.8 Å². The highest BCUT2D eigenvalue weighted by atomic mass is 16.5. The van der Waals surface area contributed by atoms with Crippen LogP contribution >= 0.6 is 0 Å². The molecule has 1 aliphatic rings. The second-order valence-electron chi connectivity index (χ2n) is 7.11. The average molecular weight is 374 g/mol. The first-order valence-corrected chi connectivity index (χ1v) is 9.08. The van der Waals surface area contributed by atoms with Gasteiger partial charge in [0.25, 0.3) is 5.91 Å². The molecule has 146 valence electrons. The first-order chi connectivity index (χ1) is 12.6. The number of anilines is 1. The van der Waals surface area contributed by atoms with Gasteiger partial charge in [-0.3, -0.25) is 14.4 Å². The fraction of sp³-hybridized carbons (Fsp3) is 0.500. The van der Waals surface area contributed by atoms with Crippen molar-refractivity contribution in [1.29, 1.82) is 0 Å². The number of esters is 1. The van der Waals surface area contributed by atoms with Crippen molar-refractivity contribution in [3.63, 3.8) is 0 Å². The third-order valence-corrected chi connectivity index (χ3v) is 4.93. The van der Waals surface area contributed by atoms with Crippen molar-refractivity contribution in [2.24, 2.45) is 0 Å². The van der Waals surface area contributed by atoms with Gasteiger partial charge in [0.2, 0.25) is 11.8 Å². The van der Waals surface area contributed by atoms with Gasteiger partial charge in [0.1, 0.15) is 6.04 Å². The number of carbonyl (C=O) groups is 4. The van der Waals surface area contributed by atoms with Gasteiger partial charge in [0.05, 0.1) is 24.3 Å². The SMILES string of the molecule is CCOC(=O)c1ccc(N2C(=O)CC(N(C(C)=O)C(C)(C)CC)C2=O)cc1. The number of ether oxygens (including phenoxy) is 1. The molecule has 1 aromatic rings. The maximum Gasteiger partial charge on any atom is 0.338 e. The molecule has 0 spiro atoms. The summed E-state index contributed by atoms with van der Waals surface area (Å²) >= 11 is 0. The molecule has 1 atom stereocenters. The van der Waals surface area contributed by atoms with Crippen LogP contribution in [0.4, 0.5) is 5.69 Å². The summed E-state index contributed by atoms with van der Waals surface area (Å²) in [6.07, 6.45) is 0.597. The van der Waals surface area contributed by atoms with E-state index in [1.807, 2.05) is 20.8 Å². The highest BCUT2D eigenvalue weighted by molar-refractivity contribution is 6.23. The van der Waals surface area contributed by atoms with Crippen molar-refractivity contribution in [2.45, 2.75) is 59.0 Å². The maximum atomic E-state index is 13.0. The van der Waals surface area contributed by atoms with E-state index in [1.165, 1.54) is 36.1 Å². The Kier molecular flexibility index (Phi) is 6.03. The number of carbonyl (C=O) groups excluding carboxylic acids is 4. The predicted molar refractivity (Wildman–Crippen MR) is 100 cm³/mol. The molecule has 2 rings (SSSR count). The number of hydrogen-bond acceptors (Lipinski definition) is 5. The van der Waals surface area contributed by atoms with Crippen LogP contribution in [0.2, 0.25) is 0 Å². The Morgan fingerprint density at radius 3 is 2.26 bits per heavy atom. The third kappa shape index (κ3) is 4.02. The Morgan fingerprint density at radius 1 is 1.19 bits per heavy atom. The van der Waals surface area contributed by atoms with E-state index in [0.29, 0.717) is 17.7 Å². The van der Waals surface area contributed by atoms with Crippen LogP contribution in [0.1, 0.15) is 57.8 Å². The van der Waals surface area contributed by atoms with Gasteiger partial charge in [-0.1, -0.05) is 6.92 Å². The summed E-state index contributed by atoms with van der Waals surface area (Å²) in [4.78, 5) is 52.0. The van der Waals surface area contributed by atoms with Crippen molar-refractivity contribution in [3.8, 4) is 0 Å². The second kappa shape index (κ2) is 7.90. The molecule has 27 heavy (non-hydrogen) atoms. The summed E-state index contributed by atoms with van der Waals surface area (Å²) in [5.41, 5.74) is 0.169. The largest absolute Gasteiger partial charge is 0.462 e. The normalized spacial score (nSPS) is 17.2. The van der Waals surface area contributed by atoms with Crippen LogP contribution in [0, 0.1) is 0 Å². The minimum absolute atomic E-state index is 0.0541. The van der Waals surface area contributed by atoms with Crippen LogP contribution in [-0.2, 0) is 19.1 Å². The number of imide groups is 1. The van der Waals surface area contributed by atoms with E-state index in [0.717, 1.165) is 4.90 Å². The summed E-state index contributed by atoms with van der Waals surface area (Å²) < 4.78 is 4.93. The Morgan fingerprint density at radius 2 is 1.78 bits per heavy atom. The lowest BCUT2D eigenvalue weighted by atomic mass is 9.96. The van der Waals surface area contributed by atoms with Crippen molar-refractivity contribution in [3.05, 3.63) is 29.8 Å². The molecule has 7 heteroatoms. The number of benzene rings is 1. The topological polar surface area (TPSA) is 84.0 Å². The smallest absolute Gasteiger partial charge is 0.338 e. The van der Waals surface area contributed by atoms with Gasteiger partial charge in [-0.2, -0.15) is 0 Å². The number of hydrogen-bond donors (Lipinski definition) is 0. The highest BCUT2D eigenvalue weighted by Crippen LogP contribution is 2.31.